The minimum Gasteiger partial charge on any atom is -0.287 e. The zero-order valence-electron chi connectivity index (χ0n) is 8.15. The molecule has 0 spiro atoms. The maximum absolute atomic E-state index is 12.9. The third-order valence-electron chi connectivity index (χ3n) is 2.06. The van der Waals surface area contributed by atoms with Crippen molar-refractivity contribution in [1.29, 1.82) is 0 Å². The van der Waals surface area contributed by atoms with Crippen molar-refractivity contribution in [3.8, 4) is 0 Å². The Morgan fingerprint density at radius 3 is 2.75 bits per heavy atom. The number of aromatic nitrogens is 1. The van der Waals surface area contributed by atoms with Crippen LogP contribution in [0.1, 0.15) is 16.1 Å². The van der Waals surface area contributed by atoms with Gasteiger partial charge in [-0.1, -0.05) is 23.7 Å². The third kappa shape index (κ3) is 2.09. The van der Waals surface area contributed by atoms with E-state index in [4.69, 9.17) is 11.6 Å². The van der Waals surface area contributed by atoms with E-state index in [1.807, 2.05) is 0 Å². The number of ketones is 1. The molecule has 0 fully saturated rings. The Bertz CT molecular complexity index is 542. The highest BCUT2D eigenvalue weighted by Crippen LogP contribution is 2.17. The van der Waals surface area contributed by atoms with E-state index in [9.17, 15) is 9.18 Å². The van der Waals surface area contributed by atoms with Crippen LogP contribution in [-0.2, 0) is 0 Å². The summed E-state index contributed by atoms with van der Waals surface area (Å²) in [6.45, 7) is 0. The normalized spacial score (nSPS) is 10.1. The van der Waals surface area contributed by atoms with E-state index in [-0.39, 0.29) is 22.1 Å². The molecule has 1 aromatic carbocycles. The van der Waals surface area contributed by atoms with E-state index >= 15 is 0 Å². The summed E-state index contributed by atoms with van der Waals surface area (Å²) in [4.78, 5) is 15.8. The molecule has 0 bridgehead atoms. The Kier molecular flexibility index (Phi) is 2.97. The average Bonchev–Trinajstić information content (AvgIpc) is 2.29. The number of rotatable bonds is 2. The molecule has 80 valence electrons. The van der Waals surface area contributed by atoms with E-state index in [0.29, 0.717) is 0 Å². The second kappa shape index (κ2) is 4.41. The minimum absolute atomic E-state index is 0.134. The number of hydrogen-bond donors (Lipinski definition) is 0. The van der Waals surface area contributed by atoms with Crippen molar-refractivity contribution in [1.82, 2.24) is 4.98 Å². The Hall–Kier alpha value is -1.74. The van der Waals surface area contributed by atoms with Gasteiger partial charge in [0.15, 0.2) is 0 Å². The molecule has 0 saturated heterocycles. The van der Waals surface area contributed by atoms with E-state index in [1.54, 1.807) is 12.1 Å². The number of carbonyl (C=O) groups is 1. The molecule has 4 heteroatoms. The molecule has 0 aliphatic heterocycles. The topological polar surface area (TPSA) is 30.0 Å². The fraction of sp³-hybridized carbons (Fsp3) is 0. The molecule has 1 aromatic heterocycles. The lowest BCUT2D eigenvalue weighted by Crippen LogP contribution is -2.04. The van der Waals surface area contributed by atoms with Gasteiger partial charge in [0.05, 0.1) is 5.02 Å². The molecule has 0 unspecified atom stereocenters. The number of nitrogens with zero attached hydrogens (tertiary/aromatic N) is 1. The lowest BCUT2D eigenvalue weighted by molar-refractivity contribution is 0.103. The lowest BCUT2D eigenvalue weighted by Gasteiger charge is -2.02. The largest absolute Gasteiger partial charge is 0.287 e. The Balaban J connectivity index is 2.44. The van der Waals surface area contributed by atoms with E-state index in [1.165, 1.54) is 24.4 Å². The van der Waals surface area contributed by atoms with Crippen LogP contribution in [-0.4, -0.2) is 10.8 Å². The summed E-state index contributed by atoms with van der Waals surface area (Å²) in [5, 5.41) is 0.261. The van der Waals surface area contributed by atoms with Crippen molar-refractivity contribution in [3.63, 3.8) is 0 Å². The van der Waals surface area contributed by atoms with Crippen LogP contribution in [0.2, 0.25) is 5.02 Å². The summed E-state index contributed by atoms with van der Waals surface area (Å²) in [5.41, 5.74) is 0.371. The second-order valence-electron chi connectivity index (χ2n) is 3.17. The fourth-order valence-electron chi connectivity index (χ4n) is 1.32. The molecule has 0 aliphatic carbocycles. The van der Waals surface area contributed by atoms with E-state index < -0.39 is 5.82 Å². The molecule has 2 rings (SSSR count). The first-order valence-electron chi connectivity index (χ1n) is 4.59. The van der Waals surface area contributed by atoms with Crippen LogP contribution in [0.15, 0.2) is 42.6 Å². The molecule has 2 nitrogen and oxygen atoms in total. The molecule has 16 heavy (non-hydrogen) atoms. The number of pyridine rings is 1. The van der Waals surface area contributed by atoms with Gasteiger partial charge in [0.2, 0.25) is 5.78 Å². The standard InChI is InChI=1S/C12H7ClFNO/c13-10-5-2-6-15-11(10)12(16)8-3-1-4-9(14)7-8/h1-7H. The van der Waals surface area contributed by atoms with Gasteiger partial charge in [-0.3, -0.25) is 9.78 Å². The highest BCUT2D eigenvalue weighted by molar-refractivity contribution is 6.34. The SMILES string of the molecule is O=C(c1cccc(F)c1)c1ncccc1Cl. The highest BCUT2D eigenvalue weighted by atomic mass is 35.5. The van der Waals surface area contributed by atoms with Crippen molar-refractivity contribution < 1.29 is 9.18 Å². The van der Waals surface area contributed by atoms with Crippen LogP contribution in [0.4, 0.5) is 4.39 Å². The van der Waals surface area contributed by atoms with Crippen LogP contribution >= 0.6 is 11.6 Å². The van der Waals surface area contributed by atoms with Crippen LogP contribution in [0, 0.1) is 5.82 Å². The first kappa shape index (κ1) is 10.8. The maximum Gasteiger partial charge on any atom is 0.212 e. The monoisotopic (exact) mass is 235 g/mol. The van der Waals surface area contributed by atoms with Crippen LogP contribution in [0.25, 0.3) is 0 Å². The Labute approximate surface area is 96.7 Å². The summed E-state index contributed by atoms with van der Waals surface area (Å²) >= 11 is 5.83. The summed E-state index contributed by atoms with van der Waals surface area (Å²) in [6.07, 6.45) is 1.47. The molecule has 1 heterocycles. The predicted octanol–water partition coefficient (Wildman–Crippen LogP) is 3.11. The van der Waals surface area contributed by atoms with Gasteiger partial charge in [0.25, 0.3) is 0 Å². The number of carbonyl (C=O) groups excluding carboxylic acids is 1. The van der Waals surface area contributed by atoms with Gasteiger partial charge in [-0.05, 0) is 24.3 Å². The van der Waals surface area contributed by atoms with Gasteiger partial charge < -0.3 is 0 Å². The van der Waals surface area contributed by atoms with Crippen LogP contribution in [0.3, 0.4) is 0 Å². The van der Waals surface area contributed by atoms with Crippen LogP contribution < -0.4 is 0 Å². The molecule has 0 N–H and O–H groups in total. The number of benzene rings is 1. The molecule has 2 aromatic rings. The van der Waals surface area contributed by atoms with E-state index in [0.717, 1.165) is 6.07 Å². The summed E-state index contributed by atoms with van der Waals surface area (Å²) in [6, 6.07) is 8.63. The Morgan fingerprint density at radius 2 is 2.06 bits per heavy atom. The number of hydrogen-bond acceptors (Lipinski definition) is 2. The number of halogens is 2. The summed E-state index contributed by atoms with van der Waals surface area (Å²) < 4.78 is 12.9. The molecule has 0 amide bonds. The molecule has 0 aliphatic rings. The average molecular weight is 236 g/mol. The van der Waals surface area contributed by atoms with Gasteiger partial charge in [-0.2, -0.15) is 0 Å². The van der Waals surface area contributed by atoms with Gasteiger partial charge in [0, 0.05) is 11.8 Å². The first-order chi connectivity index (χ1) is 7.68. The Morgan fingerprint density at radius 1 is 1.25 bits per heavy atom. The maximum atomic E-state index is 12.9. The van der Waals surface area contributed by atoms with Gasteiger partial charge in [-0.15, -0.1) is 0 Å². The molecular formula is C12H7ClFNO. The highest BCUT2D eigenvalue weighted by Gasteiger charge is 2.14. The summed E-state index contributed by atoms with van der Waals surface area (Å²) in [7, 11) is 0. The van der Waals surface area contributed by atoms with Crippen molar-refractivity contribution in [2.24, 2.45) is 0 Å². The molecule has 0 saturated carbocycles. The van der Waals surface area contributed by atoms with Crippen molar-refractivity contribution in [3.05, 3.63) is 64.7 Å². The van der Waals surface area contributed by atoms with Gasteiger partial charge in [0.1, 0.15) is 11.5 Å². The predicted molar refractivity (Wildman–Crippen MR) is 59.1 cm³/mol. The molecular weight excluding hydrogens is 229 g/mol. The zero-order valence-corrected chi connectivity index (χ0v) is 8.91. The van der Waals surface area contributed by atoms with E-state index in [2.05, 4.69) is 4.98 Å². The van der Waals surface area contributed by atoms with Crippen molar-refractivity contribution >= 4 is 17.4 Å². The van der Waals surface area contributed by atoms with Crippen molar-refractivity contribution in [2.75, 3.05) is 0 Å². The smallest absolute Gasteiger partial charge is 0.212 e. The van der Waals surface area contributed by atoms with Gasteiger partial charge >= 0.3 is 0 Å². The minimum atomic E-state index is -0.460. The first-order valence-corrected chi connectivity index (χ1v) is 4.97. The third-order valence-corrected chi connectivity index (χ3v) is 2.37. The van der Waals surface area contributed by atoms with Crippen LogP contribution in [0.5, 0.6) is 0 Å². The fourth-order valence-corrected chi connectivity index (χ4v) is 1.53. The lowest BCUT2D eigenvalue weighted by atomic mass is 10.1. The quantitative estimate of drug-likeness (QED) is 0.749. The molecule has 0 radical (unpaired) electrons. The second-order valence-corrected chi connectivity index (χ2v) is 3.58. The van der Waals surface area contributed by atoms with Gasteiger partial charge in [-0.25, -0.2) is 4.39 Å². The molecule has 0 atom stereocenters. The summed E-state index contributed by atoms with van der Waals surface area (Å²) in [5.74, 6) is -0.844. The van der Waals surface area contributed by atoms with Crippen molar-refractivity contribution in [2.45, 2.75) is 0 Å². The zero-order chi connectivity index (χ0) is 11.5.